The van der Waals surface area contributed by atoms with Gasteiger partial charge in [0.15, 0.2) is 6.10 Å². The van der Waals surface area contributed by atoms with Gasteiger partial charge in [-0.05, 0) is 57.8 Å². The summed E-state index contributed by atoms with van der Waals surface area (Å²) in [4.78, 5) is 53.1. The molecule has 4 aliphatic rings. The number of carbonyl (C=O) groups excluding carboxylic acids is 4. The van der Waals surface area contributed by atoms with Gasteiger partial charge in [-0.25, -0.2) is 9.52 Å². The molecule has 214 valence electrons. The minimum atomic E-state index is -4.24. The highest BCUT2D eigenvalue weighted by Crippen LogP contribution is 2.46. The monoisotopic (exact) mass is 564 g/mol. The first kappa shape index (κ1) is 28.8. The Morgan fingerprint density at radius 2 is 1.97 bits per heavy atom. The molecule has 2 heterocycles. The highest BCUT2D eigenvalue weighted by Gasteiger charge is 2.61. The molecule has 4 rings (SSSR count). The van der Waals surface area contributed by atoms with Crippen LogP contribution in [-0.2, 0) is 29.3 Å². The molecule has 0 spiro atoms. The van der Waals surface area contributed by atoms with Crippen LogP contribution in [0, 0.1) is 17.2 Å². The molecular weight excluding hydrogens is 528 g/mol. The van der Waals surface area contributed by atoms with Gasteiger partial charge in [0.1, 0.15) is 11.6 Å². The van der Waals surface area contributed by atoms with Crippen molar-refractivity contribution in [3.8, 4) is 6.07 Å². The lowest BCUT2D eigenvalue weighted by molar-refractivity contribution is -0.146. The predicted octanol–water partition coefficient (Wildman–Crippen LogP) is 0.576. The molecule has 14 heteroatoms. The van der Waals surface area contributed by atoms with E-state index in [9.17, 15) is 27.6 Å². The van der Waals surface area contributed by atoms with E-state index in [4.69, 9.17) is 15.7 Å². The fraction of sp³-hybridized carbons (Fsp3) is 0.720. The number of nitrogens with one attached hydrogen (secondary N) is 2. The Kier molecular flexibility index (Phi) is 8.80. The fourth-order valence-electron chi connectivity index (χ4n) is 5.46. The molecule has 1 saturated heterocycles. The molecule has 0 bridgehead atoms. The molecule has 0 aromatic rings. The van der Waals surface area contributed by atoms with E-state index in [0.717, 1.165) is 17.1 Å². The van der Waals surface area contributed by atoms with Crippen molar-refractivity contribution in [2.24, 2.45) is 11.7 Å². The molecule has 2 saturated carbocycles. The first-order valence-electron chi connectivity index (χ1n) is 13.6. The van der Waals surface area contributed by atoms with Crippen molar-refractivity contribution in [3.63, 3.8) is 0 Å². The number of rotatable bonds is 7. The summed E-state index contributed by atoms with van der Waals surface area (Å²) < 4.78 is 34.6. The summed E-state index contributed by atoms with van der Waals surface area (Å²) in [6, 6.07) is 0.777. The predicted molar refractivity (Wildman–Crippen MR) is 137 cm³/mol. The Balaban J connectivity index is 1.56. The third kappa shape index (κ3) is 6.70. The molecule has 4 N–H and O–H groups in total. The minimum absolute atomic E-state index is 0.00908. The maximum atomic E-state index is 13.5. The number of fused-ring (bicyclic) bond motifs is 2. The number of allylic oxidation sites excluding steroid dienone is 1. The molecule has 4 unspecified atom stereocenters. The number of nitriles is 1. The van der Waals surface area contributed by atoms with Gasteiger partial charge in [-0.2, -0.15) is 18.0 Å². The highest BCUT2D eigenvalue weighted by molar-refractivity contribution is 7.87. The number of primary amides is 1. The van der Waals surface area contributed by atoms with E-state index in [1.807, 2.05) is 18.2 Å². The van der Waals surface area contributed by atoms with Crippen LogP contribution in [0.2, 0.25) is 0 Å². The molecule has 2 aliphatic carbocycles. The third-order valence-electron chi connectivity index (χ3n) is 7.77. The zero-order valence-corrected chi connectivity index (χ0v) is 22.7. The van der Waals surface area contributed by atoms with E-state index in [-0.39, 0.29) is 38.4 Å². The van der Waals surface area contributed by atoms with Crippen LogP contribution in [0.4, 0.5) is 4.79 Å². The van der Waals surface area contributed by atoms with Crippen LogP contribution < -0.4 is 15.8 Å². The SMILES string of the molecule is N#CCCN(C1CC1)S(=O)(=O)NC(=O)C12CC1/C=C/CCCCCC(OC(N)=O)C(=O)N1CCCC1C(=O)N2. The summed E-state index contributed by atoms with van der Waals surface area (Å²) in [6.07, 6.45) is 7.13. The van der Waals surface area contributed by atoms with Gasteiger partial charge in [-0.1, -0.05) is 18.6 Å². The van der Waals surface area contributed by atoms with Crippen molar-refractivity contribution in [2.75, 3.05) is 13.1 Å². The molecule has 0 aromatic heterocycles. The van der Waals surface area contributed by atoms with Gasteiger partial charge in [0.25, 0.3) is 11.8 Å². The lowest BCUT2D eigenvalue weighted by atomic mass is 10.1. The summed E-state index contributed by atoms with van der Waals surface area (Å²) in [7, 11) is -4.24. The van der Waals surface area contributed by atoms with Crippen LogP contribution in [0.1, 0.15) is 70.6 Å². The van der Waals surface area contributed by atoms with Crippen LogP contribution in [0.3, 0.4) is 0 Å². The number of ether oxygens (including phenoxy) is 1. The van der Waals surface area contributed by atoms with Crippen LogP contribution >= 0.6 is 0 Å². The van der Waals surface area contributed by atoms with Crippen molar-refractivity contribution in [1.82, 2.24) is 19.2 Å². The largest absolute Gasteiger partial charge is 0.436 e. The number of nitrogens with zero attached hydrogens (tertiary/aromatic N) is 3. The van der Waals surface area contributed by atoms with Crippen LogP contribution in [0.15, 0.2) is 12.2 Å². The summed E-state index contributed by atoms with van der Waals surface area (Å²) >= 11 is 0. The quantitative estimate of drug-likeness (QED) is 0.374. The van der Waals surface area contributed by atoms with E-state index in [1.54, 1.807) is 0 Å². The van der Waals surface area contributed by atoms with Gasteiger partial charge < -0.3 is 20.7 Å². The van der Waals surface area contributed by atoms with Crippen molar-refractivity contribution >= 4 is 34.0 Å². The zero-order chi connectivity index (χ0) is 28.2. The maximum absolute atomic E-state index is 13.5. The molecule has 2 aliphatic heterocycles. The average Bonchev–Trinajstić information content (AvgIpc) is 3.77. The molecule has 3 fully saturated rings. The Bertz CT molecular complexity index is 1160. The van der Waals surface area contributed by atoms with E-state index in [2.05, 4.69) is 10.0 Å². The van der Waals surface area contributed by atoms with Gasteiger partial charge in [-0.15, -0.1) is 0 Å². The van der Waals surface area contributed by atoms with Gasteiger partial charge in [0.05, 0.1) is 6.07 Å². The molecule has 4 amide bonds. The zero-order valence-electron chi connectivity index (χ0n) is 21.8. The lowest BCUT2D eigenvalue weighted by Crippen LogP contribution is -2.58. The highest BCUT2D eigenvalue weighted by atomic mass is 32.2. The standard InChI is InChI=1S/C25H36N6O7S/c26-13-7-15-31(18-11-12-18)39(36,37)29-23(34)25-16-17(25)8-4-2-1-3-5-10-20(38-24(27)35)22(33)30-14-6-9-19(30)21(32)28-25/h4,8,17-20H,1-3,5-7,9-12,14-16H2,(H2,27,35)(H,28,32)(H,29,34)/b8-4+. The number of nitrogens with two attached hydrogens (primary N) is 1. The topological polar surface area (TPSA) is 192 Å². The van der Waals surface area contributed by atoms with E-state index in [0.29, 0.717) is 38.5 Å². The summed E-state index contributed by atoms with van der Waals surface area (Å²) in [6.45, 7) is 0.252. The van der Waals surface area contributed by atoms with E-state index in [1.165, 1.54) is 4.90 Å². The van der Waals surface area contributed by atoms with Crippen molar-refractivity contribution in [2.45, 2.75) is 94.4 Å². The Morgan fingerprint density at radius 1 is 1.21 bits per heavy atom. The molecular formula is C25H36N6O7S. The molecule has 4 atom stereocenters. The second kappa shape index (κ2) is 11.9. The van der Waals surface area contributed by atoms with Crippen LogP contribution in [0.5, 0.6) is 0 Å². The lowest BCUT2D eigenvalue weighted by Gasteiger charge is -2.29. The van der Waals surface area contributed by atoms with Gasteiger partial charge in [0.2, 0.25) is 5.91 Å². The van der Waals surface area contributed by atoms with Crippen LogP contribution in [0.25, 0.3) is 0 Å². The number of amides is 4. The first-order chi connectivity index (χ1) is 18.6. The van der Waals surface area contributed by atoms with Crippen molar-refractivity contribution < 1.29 is 32.3 Å². The van der Waals surface area contributed by atoms with Crippen LogP contribution in [-0.4, -0.2) is 78.3 Å². The summed E-state index contributed by atoms with van der Waals surface area (Å²) in [5, 5.41) is 11.7. The smallest absolute Gasteiger partial charge is 0.405 e. The van der Waals surface area contributed by atoms with Gasteiger partial charge in [0, 0.05) is 31.5 Å². The van der Waals surface area contributed by atoms with Gasteiger partial charge in [-0.3, -0.25) is 14.4 Å². The number of hydrogen-bond acceptors (Lipinski definition) is 8. The van der Waals surface area contributed by atoms with E-state index < -0.39 is 57.6 Å². The van der Waals surface area contributed by atoms with Crippen molar-refractivity contribution in [3.05, 3.63) is 12.2 Å². The molecule has 0 aromatic carbocycles. The number of carbonyl (C=O) groups is 4. The summed E-state index contributed by atoms with van der Waals surface area (Å²) in [5.41, 5.74) is 3.71. The fourth-order valence-corrected chi connectivity index (χ4v) is 6.93. The minimum Gasteiger partial charge on any atom is -0.436 e. The number of hydrogen-bond donors (Lipinski definition) is 3. The Labute approximate surface area is 228 Å². The van der Waals surface area contributed by atoms with Gasteiger partial charge >= 0.3 is 16.3 Å². The van der Waals surface area contributed by atoms with E-state index >= 15 is 0 Å². The third-order valence-corrected chi connectivity index (χ3v) is 9.31. The van der Waals surface area contributed by atoms with Crippen molar-refractivity contribution in [1.29, 1.82) is 5.26 Å². The maximum Gasteiger partial charge on any atom is 0.405 e. The second-order valence-corrected chi connectivity index (χ2v) is 12.3. The second-order valence-electron chi connectivity index (χ2n) is 10.6. The molecule has 0 radical (unpaired) electrons. The normalized spacial score (nSPS) is 30.6. The summed E-state index contributed by atoms with van der Waals surface area (Å²) in [5.74, 6) is -2.33. The molecule has 13 nitrogen and oxygen atoms in total. The Hall–Kier alpha value is -3.18. The average molecular weight is 565 g/mol. The Morgan fingerprint density at radius 3 is 2.67 bits per heavy atom. The molecule has 39 heavy (non-hydrogen) atoms. The first-order valence-corrected chi connectivity index (χ1v) is 15.0.